The Hall–Kier alpha value is -1.86. The van der Waals surface area contributed by atoms with Gasteiger partial charge in [-0.3, -0.25) is 4.21 Å². The van der Waals surface area contributed by atoms with E-state index in [4.69, 9.17) is 10.5 Å². The zero-order chi connectivity index (χ0) is 15.4. The lowest BCUT2D eigenvalue weighted by atomic mass is 10.3. The van der Waals surface area contributed by atoms with Gasteiger partial charge in [0, 0.05) is 11.2 Å². The zero-order valence-electron chi connectivity index (χ0n) is 11.5. The topological polar surface area (TPSA) is 81.8 Å². The van der Waals surface area contributed by atoms with Crippen LogP contribution < -0.4 is 10.5 Å². The normalized spacial score (nSPS) is 11.9. The van der Waals surface area contributed by atoms with Crippen molar-refractivity contribution < 1.29 is 8.95 Å². The van der Waals surface area contributed by atoms with Gasteiger partial charge < -0.3 is 10.5 Å². The van der Waals surface area contributed by atoms with E-state index in [-0.39, 0.29) is 11.4 Å². The van der Waals surface area contributed by atoms with E-state index < -0.39 is 10.8 Å². The van der Waals surface area contributed by atoms with Crippen molar-refractivity contribution in [2.45, 2.75) is 14.7 Å². The summed E-state index contributed by atoms with van der Waals surface area (Å²) in [6.45, 7) is 0. The second kappa shape index (κ2) is 6.73. The Morgan fingerprint density at radius 1 is 1.19 bits per heavy atom. The highest BCUT2D eigenvalue weighted by atomic mass is 32.2. The van der Waals surface area contributed by atoms with Crippen LogP contribution in [0.15, 0.2) is 56.3 Å². The first-order valence-electron chi connectivity index (χ1n) is 5.98. The molecular formula is C14H14N2O3S2. The zero-order valence-corrected chi connectivity index (χ0v) is 13.2. The molecule has 2 N–H and O–H groups in total. The summed E-state index contributed by atoms with van der Waals surface area (Å²) in [6, 6.07) is 10.8. The molecular weight excluding hydrogens is 308 g/mol. The molecule has 0 bridgehead atoms. The monoisotopic (exact) mass is 322 g/mol. The van der Waals surface area contributed by atoms with Gasteiger partial charge in [0.05, 0.1) is 33.4 Å². The quantitative estimate of drug-likeness (QED) is 0.672. The summed E-state index contributed by atoms with van der Waals surface area (Å²) in [5.41, 5.74) is 6.25. The number of para-hydroxylation sites is 1. The Kier molecular flexibility index (Phi) is 4.98. The molecule has 0 fully saturated rings. The number of nitrogens with two attached hydrogens (primary N) is 1. The van der Waals surface area contributed by atoms with Gasteiger partial charge in [0.15, 0.2) is 0 Å². The molecule has 110 valence electrons. The predicted molar refractivity (Wildman–Crippen MR) is 85.8 cm³/mol. The molecule has 0 spiro atoms. The molecule has 0 saturated heterocycles. The van der Waals surface area contributed by atoms with Gasteiger partial charge in [-0.25, -0.2) is 0 Å². The van der Waals surface area contributed by atoms with E-state index in [2.05, 4.69) is 5.18 Å². The molecule has 0 radical (unpaired) electrons. The fourth-order valence-corrected chi connectivity index (χ4v) is 3.46. The Labute approximate surface area is 129 Å². The molecule has 0 heterocycles. The number of hydrogen-bond acceptors (Lipinski definition) is 6. The number of nitrogens with zero attached hydrogens (tertiary/aromatic N) is 1. The van der Waals surface area contributed by atoms with Gasteiger partial charge in [-0.15, -0.1) is 4.91 Å². The van der Waals surface area contributed by atoms with Crippen LogP contribution >= 0.6 is 11.8 Å². The highest BCUT2D eigenvalue weighted by Gasteiger charge is 2.16. The van der Waals surface area contributed by atoms with Gasteiger partial charge in [0.2, 0.25) is 0 Å². The maximum absolute atomic E-state index is 11.6. The molecule has 0 aromatic heterocycles. The summed E-state index contributed by atoms with van der Waals surface area (Å²) >= 11 is 1.37. The highest BCUT2D eigenvalue weighted by Crippen LogP contribution is 2.42. The molecule has 2 aromatic rings. The number of ether oxygens (including phenoxy) is 1. The van der Waals surface area contributed by atoms with Crippen molar-refractivity contribution in [1.29, 1.82) is 0 Å². The molecule has 1 unspecified atom stereocenters. The third-order valence-corrected chi connectivity index (χ3v) is 4.91. The van der Waals surface area contributed by atoms with Crippen LogP contribution in [-0.4, -0.2) is 17.6 Å². The highest BCUT2D eigenvalue weighted by molar-refractivity contribution is 7.99. The fraction of sp³-hybridized carbons (Fsp3) is 0.143. The average Bonchev–Trinajstić information content (AvgIpc) is 2.49. The maximum atomic E-state index is 11.6. The smallest absolute Gasteiger partial charge is 0.148 e. The second-order valence-electron chi connectivity index (χ2n) is 4.12. The summed E-state index contributed by atoms with van der Waals surface area (Å²) in [5.74, 6) is 0.714. The Morgan fingerprint density at radius 2 is 1.90 bits per heavy atom. The van der Waals surface area contributed by atoms with Crippen molar-refractivity contribution in [3.8, 4) is 5.75 Å². The Morgan fingerprint density at radius 3 is 2.52 bits per heavy atom. The van der Waals surface area contributed by atoms with Gasteiger partial charge in [0.25, 0.3) is 0 Å². The number of anilines is 1. The SMILES string of the molecule is COc1ccccc1Sc1ccc(S(C)=O)c(N=O)c1N. The molecule has 0 saturated carbocycles. The number of nitroso groups, excluding NO2 is 1. The third-order valence-electron chi connectivity index (χ3n) is 2.83. The minimum atomic E-state index is -1.32. The maximum Gasteiger partial charge on any atom is 0.148 e. The van der Waals surface area contributed by atoms with E-state index in [9.17, 15) is 9.12 Å². The summed E-state index contributed by atoms with van der Waals surface area (Å²) in [5, 5.41) is 2.92. The molecule has 2 rings (SSSR count). The first kappa shape index (κ1) is 15.5. The second-order valence-corrected chi connectivity index (χ2v) is 6.55. The van der Waals surface area contributed by atoms with Crippen LogP contribution in [0.2, 0.25) is 0 Å². The van der Waals surface area contributed by atoms with E-state index in [0.29, 0.717) is 15.5 Å². The minimum absolute atomic E-state index is 0.0377. The third kappa shape index (κ3) is 3.25. The molecule has 1 atom stereocenters. The number of nitrogen functional groups attached to an aromatic ring is 1. The van der Waals surface area contributed by atoms with Crippen LogP contribution in [0.4, 0.5) is 11.4 Å². The van der Waals surface area contributed by atoms with Crippen LogP contribution in [0, 0.1) is 4.91 Å². The Bertz CT molecular complexity index is 705. The lowest BCUT2D eigenvalue weighted by molar-refractivity contribution is 0.405. The van der Waals surface area contributed by atoms with Crippen LogP contribution in [0.1, 0.15) is 0 Å². The van der Waals surface area contributed by atoms with E-state index in [0.717, 1.165) is 4.90 Å². The van der Waals surface area contributed by atoms with E-state index in [1.807, 2.05) is 24.3 Å². The van der Waals surface area contributed by atoms with E-state index in [1.54, 1.807) is 19.2 Å². The number of benzene rings is 2. The van der Waals surface area contributed by atoms with Crippen molar-refractivity contribution in [2.75, 3.05) is 19.1 Å². The lowest BCUT2D eigenvalue weighted by Gasteiger charge is -2.11. The van der Waals surface area contributed by atoms with Gasteiger partial charge in [-0.05, 0) is 29.4 Å². The predicted octanol–water partition coefficient (Wildman–Crippen LogP) is 3.56. The molecule has 21 heavy (non-hydrogen) atoms. The summed E-state index contributed by atoms with van der Waals surface area (Å²) in [4.78, 5) is 12.9. The van der Waals surface area contributed by atoms with Crippen molar-refractivity contribution in [1.82, 2.24) is 0 Å². The number of methoxy groups -OCH3 is 1. The number of hydrogen-bond donors (Lipinski definition) is 1. The molecule has 5 nitrogen and oxygen atoms in total. The van der Waals surface area contributed by atoms with Crippen LogP contribution in [0.5, 0.6) is 5.75 Å². The molecule has 0 aliphatic carbocycles. The summed E-state index contributed by atoms with van der Waals surface area (Å²) in [6.07, 6.45) is 1.48. The lowest BCUT2D eigenvalue weighted by Crippen LogP contribution is -1.96. The fourth-order valence-electron chi connectivity index (χ4n) is 1.81. The largest absolute Gasteiger partial charge is 0.496 e. The molecule has 0 amide bonds. The van der Waals surface area contributed by atoms with Gasteiger partial charge in [-0.1, -0.05) is 23.9 Å². The molecule has 0 aliphatic heterocycles. The average molecular weight is 322 g/mol. The van der Waals surface area contributed by atoms with Crippen molar-refractivity contribution >= 4 is 33.9 Å². The van der Waals surface area contributed by atoms with Crippen LogP contribution in [0.3, 0.4) is 0 Å². The van der Waals surface area contributed by atoms with Gasteiger partial charge >= 0.3 is 0 Å². The molecule has 0 aliphatic rings. The van der Waals surface area contributed by atoms with Crippen molar-refractivity contribution in [3.05, 3.63) is 41.3 Å². The minimum Gasteiger partial charge on any atom is -0.496 e. The van der Waals surface area contributed by atoms with E-state index in [1.165, 1.54) is 18.0 Å². The van der Waals surface area contributed by atoms with E-state index >= 15 is 0 Å². The Balaban J connectivity index is 2.46. The van der Waals surface area contributed by atoms with Gasteiger partial charge in [0.1, 0.15) is 11.4 Å². The van der Waals surface area contributed by atoms with Crippen LogP contribution in [0.25, 0.3) is 0 Å². The van der Waals surface area contributed by atoms with Gasteiger partial charge in [-0.2, -0.15) is 0 Å². The molecule has 2 aromatic carbocycles. The summed E-state index contributed by atoms with van der Waals surface area (Å²) in [7, 11) is 0.269. The molecule has 7 heteroatoms. The number of rotatable bonds is 5. The summed E-state index contributed by atoms with van der Waals surface area (Å²) < 4.78 is 16.9. The first-order valence-corrected chi connectivity index (χ1v) is 8.36. The van der Waals surface area contributed by atoms with Crippen molar-refractivity contribution in [2.24, 2.45) is 5.18 Å². The van der Waals surface area contributed by atoms with Crippen LogP contribution in [-0.2, 0) is 10.8 Å². The standard InChI is InChI=1S/C14H14N2O3S2/c1-19-9-5-3-4-6-10(9)20-11-7-8-12(21(2)18)14(16-17)13(11)15/h3-8H,15H2,1-2H3. The first-order chi connectivity index (χ1) is 10.1. The van der Waals surface area contributed by atoms with Crippen molar-refractivity contribution in [3.63, 3.8) is 0 Å².